The number of aromatic nitrogens is 1. The maximum atomic E-state index is 12.4. The van der Waals surface area contributed by atoms with Gasteiger partial charge in [0.1, 0.15) is 17.7 Å². The van der Waals surface area contributed by atoms with E-state index in [4.69, 9.17) is 14.1 Å². The average Bonchev–Trinajstić information content (AvgIpc) is 2.96. The van der Waals surface area contributed by atoms with Gasteiger partial charge in [-0.3, -0.25) is 19.2 Å². The maximum Gasteiger partial charge on any atom is 0.418 e. The fraction of sp³-hybridized carbons (Fsp3) is 0.600. The predicted molar refractivity (Wildman–Crippen MR) is 118 cm³/mol. The van der Waals surface area contributed by atoms with Crippen molar-refractivity contribution in [2.45, 2.75) is 57.4 Å². The molecule has 2 atom stereocenters. The van der Waals surface area contributed by atoms with Gasteiger partial charge in [0, 0.05) is 18.9 Å². The summed E-state index contributed by atoms with van der Waals surface area (Å²) in [6.07, 6.45) is 3.21. The minimum atomic E-state index is -4.85. The molecule has 4 amide bonds. The Labute approximate surface area is 203 Å². The second-order valence-electron chi connectivity index (χ2n) is 9.13. The summed E-state index contributed by atoms with van der Waals surface area (Å²) >= 11 is 0. The largest absolute Gasteiger partial charge is 0.444 e. The van der Waals surface area contributed by atoms with Crippen molar-refractivity contribution < 1.29 is 41.2 Å². The molecule has 4 rings (SSSR count). The molecule has 14 nitrogen and oxygen atoms in total. The Balaban J connectivity index is 0.000000497. The fourth-order valence-corrected chi connectivity index (χ4v) is 4.00. The lowest BCUT2D eigenvalue weighted by molar-refractivity contribution is -0.152. The van der Waals surface area contributed by atoms with Gasteiger partial charge < -0.3 is 14.5 Å². The molecule has 0 aromatic carbocycles. The van der Waals surface area contributed by atoms with Gasteiger partial charge in [0.25, 0.3) is 5.91 Å². The summed E-state index contributed by atoms with van der Waals surface area (Å²) in [5.74, 6) is -0.568. The normalized spacial score (nSPS) is 22.2. The summed E-state index contributed by atoms with van der Waals surface area (Å²) in [4.78, 5) is 48.2. The molecule has 194 valence electrons. The van der Waals surface area contributed by atoms with Crippen LogP contribution in [0.4, 0.5) is 9.59 Å². The first-order valence-electron chi connectivity index (χ1n) is 10.9. The highest BCUT2D eigenvalue weighted by Crippen LogP contribution is 2.30. The highest BCUT2D eigenvalue weighted by atomic mass is 32.3. The molecule has 0 unspecified atom stereocenters. The van der Waals surface area contributed by atoms with E-state index in [1.54, 1.807) is 33.2 Å². The van der Waals surface area contributed by atoms with Crippen molar-refractivity contribution in [2.24, 2.45) is 0 Å². The van der Waals surface area contributed by atoms with E-state index in [1.807, 2.05) is 18.2 Å². The lowest BCUT2D eigenvalue weighted by atomic mass is 10.0. The quantitative estimate of drug-likeness (QED) is 0.421. The van der Waals surface area contributed by atoms with Gasteiger partial charge in [-0.25, -0.2) is 15.1 Å². The molecular weight excluding hydrogens is 486 g/mol. The summed E-state index contributed by atoms with van der Waals surface area (Å²) < 4.78 is 40.1. The van der Waals surface area contributed by atoms with Crippen LogP contribution in [0.15, 0.2) is 30.6 Å². The van der Waals surface area contributed by atoms with E-state index in [1.165, 1.54) is 4.90 Å². The molecule has 1 aromatic rings. The highest BCUT2D eigenvalue weighted by molar-refractivity contribution is 7.80. The monoisotopic (exact) mass is 515 g/mol. The lowest BCUT2D eigenvalue weighted by Gasteiger charge is -2.39. The molecule has 1 aromatic heterocycles. The van der Waals surface area contributed by atoms with Gasteiger partial charge >= 0.3 is 22.5 Å². The van der Waals surface area contributed by atoms with Crippen LogP contribution in [0.5, 0.6) is 0 Å². The first kappa shape index (κ1) is 26.6. The zero-order valence-corrected chi connectivity index (χ0v) is 20.4. The van der Waals surface area contributed by atoms with E-state index >= 15 is 0 Å². The fourth-order valence-electron chi connectivity index (χ4n) is 3.61. The number of likely N-dealkylation sites (tertiary alicyclic amines) is 1. The van der Waals surface area contributed by atoms with Gasteiger partial charge in [-0.2, -0.15) is 13.5 Å². The number of nitrogens with zero attached hydrogens (tertiary/aromatic N) is 4. The minimum Gasteiger partial charge on any atom is -0.444 e. The van der Waals surface area contributed by atoms with Gasteiger partial charge in [0.15, 0.2) is 0 Å². The van der Waals surface area contributed by atoms with Crippen LogP contribution in [0.1, 0.15) is 33.6 Å². The van der Waals surface area contributed by atoms with Crippen LogP contribution in [-0.2, 0) is 29.1 Å². The Morgan fingerprint density at radius 3 is 2.29 bits per heavy atom. The van der Waals surface area contributed by atoms with Gasteiger partial charge in [-0.1, -0.05) is 6.07 Å². The number of hydrogen-bond donors (Lipinski definition) is 2. The van der Waals surface area contributed by atoms with Crippen molar-refractivity contribution in [3.05, 3.63) is 30.6 Å². The molecular formula is C20H29N5O9S. The number of pyridine rings is 1. The van der Waals surface area contributed by atoms with E-state index < -0.39 is 52.2 Å². The van der Waals surface area contributed by atoms with E-state index in [0.29, 0.717) is 11.5 Å². The van der Waals surface area contributed by atoms with Crippen molar-refractivity contribution >= 4 is 28.4 Å². The topological polar surface area (TPSA) is 168 Å². The molecule has 3 fully saturated rings. The molecule has 3 saturated heterocycles. The van der Waals surface area contributed by atoms with E-state index in [0.717, 1.165) is 4.90 Å². The molecule has 15 heteroatoms. The number of piperidine rings is 1. The van der Waals surface area contributed by atoms with Crippen LogP contribution in [0.2, 0.25) is 0 Å². The molecule has 0 aliphatic carbocycles. The minimum absolute atomic E-state index is 0.0856. The number of rotatable bonds is 5. The zero-order chi connectivity index (χ0) is 25.8. The van der Waals surface area contributed by atoms with Gasteiger partial charge in [-0.05, 0) is 45.7 Å². The standard InChI is InChI=1S/C15H24N4O9S.C5H5N/c1-15(2,3)26-14(22)17-7-10(8-17)27-16-12(20)11-5-4-9-6-18(11)13(21)19(9)28-29(23,24)25;1-2-4-6-5-3-1/h9-11H,4-8H2,1-3H3,(H,16,20)(H,23,24,25);1-5H/t9-,11+;/m1./s1. The van der Waals surface area contributed by atoms with Crippen molar-refractivity contribution in [1.29, 1.82) is 0 Å². The van der Waals surface area contributed by atoms with Gasteiger partial charge in [0.05, 0.1) is 19.1 Å². The average molecular weight is 516 g/mol. The molecule has 3 aliphatic rings. The van der Waals surface area contributed by atoms with Crippen LogP contribution in [0.3, 0.4) is 0 Å². The molecule has 4 heterocycles. The molecule has 2 bridgehead atoms. The Kier molecular flexibility index (Phi) is 8.15. The van der Waals surface area contributed by atoms with Crippen molar-refractivity contribution in [3.63, 3.8) is 0 Å². The summed E-state index contributed by atoms with van der Waals surface area (Å²) in [7, 11) is -4.85. The Bertz CT molecular complexity index is 985. The van der Waals surface area contributed by atoms with Crippen LogP contribution in [0, 0.1) is 0 Å². The summed E-state index contributed by atoms with van der Waals surface area (Å²) in [5.41, 5.74) is 1.68. The number of amides is 4. The summed E-state index contributed by atoms with van der Waals surface area (Å²) in [6, 6.07) is 3.44. The number of nitrogens with one attached hydrogen (secondary N) is 1. The summed E-state index contributed by atoms with van der Waals surface area (Å²) in [5, 5.41) is 0.564. The third kappa shape index (κ3) is 7.48. The number of hydrogen-bond acceptors (Lipinski definition) is 9. The van der Waals surface area contributed by atoms with Crippen LogP contribution in [-0.4, -0.2) is 94.3 Å². The zero-order valence-electron chi connectivity index (χ0n) is 19.6. The Morgan fingerprint density at radius 1 is 1.11 bits per heavy atom. The Hall–Kier alpha value is -3.01. The first-order chi connectivity index (χ1) is 16.3. The smallest absolute Gasteiger partial charge is 0.418 e. The molecule has 0 radical (unpaired) electrons. The van der Waals surface area contributed by atoms with Crippen LogP contribution in [0.25, 0.3) is 0 Å². The summed E-state index contributed by atoms with van der Waals surface area (Å²) in [6.45, 7) is 5.86. The molecule has 0 saturated carbocycles. The van der Waals surface area contributed by atoms with E-state index in [-0.39, 0.29) is 26.1 Å². The molecule has 35 heavy (non-hydrogen) atoms. The van der Waals surface area contributed by atoms with Crippen LogP contribution >= 0.6 is 0 Å². The second-order valence-corrected chi connectivity index (χ2v) is 10.1. The van der Waals surface area contributed by atoms with Crippen molar-refractivity contribution in [3.8, 4) is 0 Å². The SMILES string of the molecule is CC(C)(C)OC(=O)N1CC(ONC(=O)[C@@H]2CC[C@@H]3CN2C(=O)N3OS(=O)(=O)O)C1.c1ccncc1. The third-order valence-corrected chi connectivity index (χ3v) is 5.54. The predicted octanol–water partition coefficient (Wildman–Crippen LogP) is 0.738. The number of fused-ring (bicyclic) bond motifs is 2. The highest BCUT2D eigenvalue weighted by Gasteiger charge is 2.49. The van der Waals surface area contributed by atoms with Gasteiger partial charge in [-0.15, -0.1) is 4.28 Å². The lowest BCUT2D eigenvalue weighted by Crippen LogP contribution is -2.58. The number of carbonyl (C=O) groups is 3. The number of hydroxylamine groups is 3. The van der Waals surface area contributed by atoms with Crippen molar-refractivity contribution in [2.75, 3.05) is 19.6 Å². The maximum absolute atomic E-state index is 12.4. The van der Waals surface area contributed by atoms with E-state index in [9.17, 15) is 22.8 Å². The van der Waals surface area contributed by atoms with E-state index in [2.05, 4.69) is 14.7 Å². The number of carbonyl (C=O) groups excluding carboxylic acids is 3. The number of urea groups is 1. The molecule has 2 N–H and O–H groups in total. The molecule has 3 aliphatic heterocycles. The second kappa shape index (κ2) is 10.7. The number of ether oxygens (including phenoxy) is 1. The van der Waals surface area contributed by atoms with Crippen LogP contribution < -0.4 is 5.48 Å². The molecule has 0 spiro atoms. The first-order valence-corrected chi connectivity index (χ1v) is 12.3. The third-order valence-electron chi connectivity index (χ3n) is 5.19. The van der Waals surface area contributed by atoms with Gasteiger partial charge in [0.2, 0.25) is 0 Å². The van der Waals surface area contributed by atoms with Crippen molar-refractivity contribution in [1.82, 2.24) is 25.3 Å². The Morgan fingerprint density at radius 2 is 1.77 bits per heavy atom.